The molecule has 1 aliphatic rings. The summed E-state index contributed by atoms with van der Waals surface area (Å²) in [6.45, 7) is 0. The zero-order valence-electron chi connectivity index (χ0n) is 8.07. The minimum absolute atomic E-state index is 0.681. The zero-order chi connectivity index (χ0) is 10.3. The van der Waals surface area contributed by atoms with E-state index in [4.69, 9.17) is 11.6 Å². The van der Waals surface area contributed by atoms with E-state index in [1.165, 1.54) is 5.56 Å². The first-order valence-electron chi connectivity index (χ1n) is 4.94. The van der Waals surface area contributed by atoms with Gasteiger partial charge in [0.1, 0.15) is 5.17 Å². The number of benzene rings is 1. The average Bonchev–Trinajstić information content (AvgIpc) is 2.29. The first kappa shape index (κ1) is 8.86. The summed E-state index contributed by atoms with van der Waals surface area (Å²) in [5.41, 5.74) is 3.14. The highest BCUT2D eigenvalue weighted by molar-refractivity contribution is 6.65. The summed E-state index contributed by atoms with van der Waals surface area (Å²) in [5, 5.41) is 1.80. The lowest BCUT2D eigenvalue weighted by Crippen LogP contribution is -2.00. The van der Waals surface area contributed by atoms with E-state index < -0.39 is 0 Å². The van der Waals surface area contributed by atoms with Gasteiger partial charge >= 0.3 is 0 Å². The summed E-state index contributed by atoms with van der Waals surface area (Å²) < 4.78 is 0. The molecule has 0 unspecified atom stereocenters. The van der Waals surface area contributed by atoms with Gasteiger partial charge in [0.05, 0.1) is 11.2 Å². The van der Waals surface area contributed by atoms with Crippen LogP contribution in [-0.4, -0.2) is 10.2 Å². The molecule has 74 valence electrons. The summed E-state index contributed by atoms with van der Waals surface area (Å²) in [5.74, 6) is 0. The van der Waals surface area contributed by atoms with Gasteiger partial charge in [-0.3, -0.25) is 4.98 Å². The van der Waals surface area contributed by atoms with Crippen LogP contribution in [0.15, 0.2) is 35.5 Å². The van der Waals surface area contributed by atoms with Crippen molar-refractivity contribution in [2.45, 2.75) is 12.8 Å². The molecule has 1 aliphatic heterocycles. The number of aromatic nitrogens is 1. The molecule has 0 fully saturated rings. The lowest BCUT2D eigenvalue weighted by Gasteiger charge is -2.13. The van der Waals surface area contributed by atoms with Crippen molar-refractivity contribution in [3.63, 3.8) is 0 Å². The number of aryl methyl sites for hydroxylation is 1. The molecule has 1 aromatic heterocycles. The molecule has 0 radical (unpaired) electrons. The largest absolute Gasteiger partial charge is 0.254 e. The van der Waals surface area contributed by atoms with Gasteiger partial charge in [-0.05, 0) is 18.1 Å². The van der Waals surface area contributed by atoms with Crippen LogP contribution in [0, 0.1) is 0 Å². The van der Waals surface area contributed by atoms with Gasteiger partial charge in [0, 0.05) is 18.0 Å². The predicted octanol–water partition coefficient (Wildman–Crippen LogP) is 3.45. The molecule has 0 atom stereocenters. The van der Waals surface area contributed by atoms with E-state index >= 15 is 0 Å². The molecule has 0 N–H and O–H groups in total. The van der Waals surface area contributed by atoms with Gasteiger partial charge < -0.3 is 0 Å². The molecule has 2 aromatic rings. The first-order chi connectivity index (χ1) is 7.34. The number of hydrogen-bond acceptors (Lipinski definition) is 2. The van der Waals surface area contributed by atoms with Crippen molar-refractivity contribution in [1.82, 2.24) is 4.98 Å². The molecule has 0 spiro atoms. The summed E-state index contributed by atoms with van der Waals surface area (Å²) in [7, 11) is 0. The van der Waals surface area contributed by atoms with E-state index in [9.17, 15) is 0 Å². The second-order valence-corrected chi connectivity index (χ2v) is 4.07. The topological polar surface area (TPSA) is 25.2 Å². The fourth-order valence-electron chi connectivity index (χ4n) is 1.91. The smallest absolute Gasteiger partial charge is 0.107 e. The van der Waals surface area contributed by atoms with Crippen LogP contribution in [0.2, 0.25) is 0 Å². The highest BCUT2D eigenvalue weighted by Crippen LogP contribution is 2.33. The van der Waals surface area contributed by atoms with E-state index in [0.717, 1.165) is 29.4 Å². The lowest BCUT2D eigenvalue weighted by atomic mass is 10.0. The van der Waals surface area contributed by atoms with Crippen LogP contribution < -0.4 is 0 Å². The SMILES string of the molecule is ClC1=Nc2c(ccc3cccnc23)CC1. The minimum atomic E-state index is 0.681. The van der Waals surface area contributed by atoms with E-state index in [2.05, 4.69) is 22.1 Å². The van der Waals surface area contributed by atoms with Crippen LogP contribution in [0.4, 0.5) is 5.69 Å². The lowest BCUT2D eigenvalue weighted by molar-refractivity contribution is 1.02. The van der Waals surface area contributed by atoms with E-state index in [1.54, 1.807) is 6.20 Å². The van der Waals surface area contributed by atoms with Crippen molar-refractivity contribution in [1.29, 1.82) is 0 Å². The van der Waals surface area contributed by atoms with Gasteiger partial charge in [-0.25, -0.2) is 4.99 Å². The molecule has 0 saturated carbocycles. The van der Waals surface area contributed by atoms with Crippen LogP contribution >= 0.6 is 11.6 Å². The zero-order valence-corrected chi connectivity index (χ0v) is 8.83. The Hall–Kier alpha value is -1.41. The number of pyridine rings is 1. The first-order valence-corrected chi connectivity index (χ1v) is 5.32. The highest BCUT2D eigenvalue weighted by atomic mass is 35.5. The van der Waals surface area contributed by atoms with Crippen molar-refractivity contribution >= 4 is 33.4 Å². The summed E-state index contributed by atoms with van der Waals surface area (Å²) in [4.78, 5) is 8.76. The Morgan fingerprint density at radius 3 is 3.00 bits per heavy atom. The van der Waals surface area contributed by atoms with E-state index in [1.807, 2.05) is 12.1 Å². The average molecular weight is 217 g/mol. The maximum absolute atomic E-state index is 5.97. The standard InChI is InChI=1S/C12H9ClN2/c13-10-6-5-9-4-3-8-2-1-7-14-11(8)12(9)15-10/h1-4,7H,5-6H2. The Kier molecular flexibility index (Phi) is 1.96. The molecule has 15 heavy (non-hydrogen) atoms. The van der Waals surface area contributed by atoms with Crippen LogP contribution in [-0.2, 0) is 6.42 Å². The summed E-state index contributed by atoms with van der Waals surface area (Å²) in [6, 6.07) is 8.19. The Balaban J connectivity index is 2.39. The molecule has 2 nitrogen and oxygen atoms in total. The van der Waals surface area contributed by atoms with Gasteiger partial charge in [0.15, 0.2) is 0 Å². The van der Waals surface area contributed by atoms with Crippen molar-refractivity contribution in [3.05, 3.63) is 36.0 Å². The maximum atomic E-state index is 5.97. The fourth-order valence-corrected chi connectivity index (χ4v) is 2.09. The van der Waals surface area contributed by atoms with Crippen LogP contribution in [0.3, 0.4) is 0 Å². The molecule has 2 heterocycles. The van der Waals surface area contributed by atoms with Gasteiger partial charge in [-0.1, -0.05) is 29.8 Å². The molecule has 0 saturated heterocycles. The van der Waals surface area contributed by atoms with Crippen molar-refractivity contribution < 1.29 is 0 Å². The third kappa shape index (κ3) is 1.41. The predicted molar refractivity (Wildman–Crippen MR) is 63.0 cm³/mol. The third-order valence-corrected chi connectivity index (χ3v) is 2.94. The third-order valence-electron chi connectivity index (χ3n) is 2.67. The number of rotatable bonds is 0. The Morgan fingerprint density at radius 1 is 1.13 bits per heavy atom. The van der Waals surface area contributed by atoms with Gasteiger partial charge in [-0.15, -0.1) is 0 Å². The van der Waals surface area contributed by atoms with Crippen molar-refractivity contribution in [2.75, 3.05) is 0 Å². The Labute approximate surface area is 92.6 Å². The molecule has 3 rings (SSSR count). The highest BCUT2D eigenvalue weighted by Gasteiger charge is 2.13. The van der Waals surface area contributed by atoms with E-state index in [0.29, 0.717) is 5.17 Å². The number of nitrogens with zero attached hydrogens (tertiary/aromatic N) is 2. The van der Waals surface area contributed by atoms with Gasteiger partial charge in [-0.2, -0.15) is 0 Å². The number of fused-ring (bicyclic) bond motifs is 3. The van der Waals surface area contributed by atoms with Crippen molar-refractivity contribution in [2.24, 2.45) is 4.99 Å². The number of hydrogen-bond donors (Lipinski definition) is 0. The maximum Gasteiger partial charge on any atom is 0.107 e. The monoisotopic (exact) mass is 216 g/mol. The molecular formula is C12H9ClN2. The number of aliphatic imine (C=N–C) groups is 1. The van der Waals surface area contributed by atoms with Crippen molar-refractivity contribution in [3.8, 4) is 0 Å². The quantitative estimate of drug-likeness (QED) is 0.662. The molecule has 1 aromatic carbocycles. The number of halogens is 1. The molecular weight excluding hydrogens is 208 g/mol. The second-order valence-electron chi connectivity index (χ2n) is 3.64. The Bertz CT molecular complexity index is 561. The minimum Gasteiger partial charge on any atom is -0.254 e. The normalized spacial score (nSPS) is 14.9. The van der Waals surface area contributed by atoms with Gasteiger partial charge in [0.2, 0.25) is 0 Å². The van der Waals surface area contributed by atoms with Crippen LogP contribution in [0.1, 0.15) is 12.0 Å². The van der Waals surface area contributed by atoms with Crippen LogP contribution in [0.25, 0.3) is 10.9 Å². The second kappa shape index (κ2) is 3.31. The van der Waals surface area contributed by atoms with Crippen LogP contribution in [0.5, 0.6) is 0 Å². The molecule has 3 heteroatoms. The molecule has 0 aliphatic carbocycles. The summed E-state index contributed by atoms with van der Waals surface area (Å²) >= 11 is 5.97. The molecule has 0 bridgehead atoms. The molecule has 0 amide bonds. The van der Waals surface area contributed by atoms with E-state index in [-0.39, 0.29) is 0 Å². The Morgan fingerprint density at radius 2 is 2.07 bits per heavy atom. The fraction of sp³-hybridized carbons (Fsp3) is 0.167. The summed E-state index contributed by atoms with van der Waals surface area (Å²) in [6.07, 6.45) is 3.59. The van der Waals surface area contributed by atoms with Gasteiger partial charge in [0.25, 0.3) is 0 Å².